The first kappa shape index (κ1) is 15.3. The van der Waals surface area contributed by atoms with Crippen molar-refractivity contribution in [1.29, 1.82) is 0 Å². The van der Waals surface area contributed by atoms with Crippen molar-refractivity contribution in [2.45, 2.75) is 6.42 Å². The summed E-state index contributed by atoms with van der Waals surface area (Å²) in [6.07, 6.45) is 0.969. The first-order valence-corrected chi connectivity index (χ1v) is 4.44. The molecular weight excluding hydrogens is 172 g/mol. The molecule has 5 nitrogen and oxygen atoms in total. The molecule has 0 aliphatic carbocycles. The molecule has 0 aromatic rings. The monoisotopic (exact) mass is 194 g/mol. The van der Waals surface area contributed by atoms with Gasteiger partial charge in [0.05, 0.1) is 13.2 Å². The highest BCUT2D eigenvalue weighted by atomic mass is 16.5. The molecule has 0 atom stereocenters. The summed E-state index contributed by atoms with van der Waals surface area (Å²) in [5.74, 6) is 0. The summed E-state index contributed by atoms with van der Waals surface area (Å²) in [6, 6.07) is 0. The Bertz CT molecular complexity index is 66.4. The molecule has 0 unspecified atom stereocenters. The average molecular weight is 194 g/mol. The third-order valence-electron chi connectivity index (χ3n) is 1.13. The third-order valence-corrected chi connectivity index (χ3v) is 1.13. The number of nitrogens with one attached hydrogen (secondary N) is 1. The van der Waals surface area contributed by atoms with Gasteiger partial charge in [-0.3, -0.25) is 0 Å². The first-order valence-electron chi connectivity index (χ1n) is 4.44. The summed E-state index contributed by atoms with van der Waals surface area (Å²) in [7, 11) is 1.68. The quantitative estimate of drug-likeness (QED) is 0.372. The van der Waals surface area contributed by atoms with Crippen LogP contribution >= 0.6 is 0 Å². The smallest absolute Gasteiger partial charge is 0.0555 e. The molecule has 0 aromatic carbocycles. The zero-order valence-electron chi connectivity index (χ0n) is 8.33. The van der Waals surface area contributed by atoms with E-state index in [1.165, 1.54) is 0 Å². The fourth-order valence-corrected chi connectivity index (χ4v) is 0.511. The summed E-state index contributed by atoms with van der Waals surface area (Å²) < 4.78 is 4.70. The van der Waals surface area contributed by atoms with Crippen LogP contribution in [0.5, 0.6) is 0 Å². The summed E-state index contributed by atoms with van der Waals surface area (Å²) >= 11 is 0. The molecule has 0 fully saturated rings. The molecule has 0 spiro atoms. The van der Waals surface area contributed by atoms with E-state index in [2.05, 4.69) is 5.32 Å². The van der Waals surface area contributed by atoms with E-state index in [1.54, 1.807) is 7.11 Å². The molecule has 0 bridgehead atoms. The lowest BCUT2D eigenvalue weighted by atomic mass is 10.5. The van der Waals surface area contributed by atoms with Crippen molar-refractivity contribution in [3.05, 3.63) is 0 Å². The number of ether oxygens (including phenoxy) is 1. The largest absolute Gasteiger partial charge is 0.395 e. The second-order valence-corrected chi connectivity index (χ2v) is 2.33. The summed E-state index contributed by atoms with van der Waals surface area (Å²) in [5.41, 5.74) is 5.13. The maximum absolute atomic E-state index is 8.15. The van der Waals surface area contributed by atoms with Crippen LogP contribution in [0.3, 0.4) is 0 Å². The number of nitrogens with two attached hydrogens (primary N) is 1. The summed E-state index contributed by atoms with van der Waals surface area (Å²) in [6.45, 7) is 2.94. The number of aliphatic hydroxyl groups is 2. The predicted molar refractivity (Wildman–Crippen MR) is 52.6 cm³/mol. The Labute approximate surface area is 79.9 Å². The fraction of sp³-hybridized carbons (Fsp3) is 1.00. The highest BCUT2D eigenvalue weighted by Crippen LogP contribution is 1.70. The van der Waals surface area contributed by atoms with Crippen molar-refractivity contribution in [2.75, 3.05) is 46.6 Å². The molecule has 0 aliphatic rings. The van der Waals surface area contributed by atoms with Crippen LogP contribution in [0.2, 0.25) is 0 Å². The number of rotatable bonds is 7. The van der Waals surface area contributed by atoms with Crippen LogP contribution in [0.1, 0.15) is 6.42 Å². The van der Waals surface area contributed by atoms with E-state index in [0.29, 0.717) is 13.1 Å². The van der Waals surface area contributed by atoms with Crippen LogP contribution < -0.4 is 11.1 Å². The lowest BCUT2D eigenvalue weighted by molar-refractivity contribution is 0.197. The van der Waals surface area contributed by atoms with Gasteiger partial charge in [0.15, 0.2) is 0 Å². The van der Waals surface area contributed by atoms with Crippen molar-refractivity contribution in [3.8, 4) is 0 Å². The van der Waals surface area contributed by atoms with Crippen molar-refractivity contribution >= 4 is 0 Å². The fourth-order valence-electron chi connectivity index (χ4n) is 0.511. The van der Waals surface area contributed by atoms with Crippen molar-refractivity contribution in [3.63, 3.8) is 0 Å². The van der Waals surface area contributed by atoms with Crippen LogP contribution in [0.15, 0.2) is 0 Å². The average Bonchev–Trinajstić information content (AvgIpc) is 2.17. The highest BCUT2D eigenvalue weighted by Gasteiger charge is 1.78. The molecule has 0 amide bonds. The standard InChI is InChI=1S/C4H11NO2.C4H11NO/c6-3-1-5-2-4-7;1-6-4-2-3-5/h5-7H,1-4H2;2-5H2,1H3. The van der Waals surface area contributed by atoms with Gasteiger partial charge in [-0.2, -0.15) is 0 Å². The zero-order valence-corrected chi connectivity index (χ0v) is 8.33. The number of hydrogen-bond acceptors (Lipinski definition) is 5. The lowest BCUT2D eigenvalue weighted by Crippen LogP contribution is -2.21. The van der Waals surface area contributed by atoms with Gasteiger partial charge in [0.1, 0.15) is 0 Å². The Balaban J connectivity index is 0. The maximum Gasteiger partial charge on any atom is 0.0555 e. The Kier molecular flexibility index (Phi) is 20.9. The van der Waals surface area contributed by atoms with Gasteiger partial charge < -0.3 is 26.0 Å². The van der Waals surface area contributed by atoms with E-state index in [4.69, 9.17) is 20.7 Å². The van der Waals surface area contributed by atoms with Gasteiger partial charge in [-0.1, -0.05) is 0 Å². The van der Waals surface area contributed by atoms with Crippen LogP contribution in [-0.4, -0.2) is 56.8 Å². The van der Waals surface area contributed by atoms with Gasteiger partial charge in [-0.15, -0.1) is 0 Å². The second-order valence-electron chi connectivity index (χ2n) is 2.33. The molecule has 0 rings (SSSR count). The van der Waals surface area contributed by atoms with E-state index in [9.17, 15) is 0 Å². The third kappa shape index (κ3) is 24.5. The van der Waals surface area contributed by atoms with Crippen molar-refractivity contribution < 1.29 is 14.9 Å². The molecule has 0 saturated carbocycles. The molecule has 0 aliphatic heterocycles. The van der Waals surface area contributed by atoms with E-state index in [1.807, 2.05) is 0 Å². The van der Waals surface area contributed by atoms with Gasteiger partial charge in [-0.25, -0.2) is 0 Å². The van der Waals surface area contributed by atoms with Crippen molar-refractivity contribution in [2.24, 2.45) is 5.73 Å². The van der Waals surface area contributed by atoms with Crippen LogP contribution in [0.25, 0.3) is 0 Å². The molecule has 82 valence electrons. The van der Waals surface area contributed by atoms with Crippen LogP contribution in [0.4, 0.5) is 0 Å². The van der Waals surface area contributed by atoms with Gasteiger partial charge in [0.25, 0.3) is 0 Å². The number of hydrogen-bond donors (Lipinski definition) is 4. The Hall–Kier alpha value is -0.200. The van der Waals surface area contributed by atoms with Crippen molar-refractivity contribution in [1.82, 2.24) is 5.32 Å². The molecule has 0 heterocycles. The Morgan fingerprint density at radius 3 is 2.00 bits per heavy atom. The molecule has 13 heavy (non-hydrogen) atoms. The topological polar surface area (TPSA) is 87.7 Å². The molecule has 0 radical (unpaired) electrons. The van der Waals surface area contributed by atoms with Crippen LogP contribution in [0, 0.1) is 0 Å². The molecule has 0 saturated heterocycles. The number of methoxy groups -OCH3 is 1. The van der Waals surface area contributed by atoms with E-state index < -0.39 is 0 Å². The summed E-state index contributed by atoms with van der Waals surface area (Å²) in [4.78, 5) is 0. The predicted octanol–water partition coefficient (Wildman–Crippen LogP) is -1.46. The molecule has 0 aromatic heterocycles. The van der Waals surface area contributed by atoms with Gasteiger partial charge in [0.2, 0.25) is 0 Å². The lowest BCUT2D eigenvalue weighted by Gasteiger charge is -1.94. The highest BCUT2D eigenvalue weighted by molar-refractivity contribution is 4.39. The van der Waals surface area contributed by atoms with E-state index >= 15 is 0 Å². The minimum atomic E-state index is 0.139. The Morgan fingerprint density at radius 2 is 1.77 bits per heavy atom. The normalized spacial score (nSPS) is 9.23. The van der Waals surface area contributed by atoms with E-state index in [0.717, 1.165) is 19.6 Å². The van der Waals surface area contributed by atoms with Gasteiger partial charge in [-0.05, 0) is 13.0 Å². The minimum Gasteiger partial charge on any atom is -0.395 e. The SMILES string of the molecule is COCCCN.OCCNCCO. The first-order chi connectivity index (χ1) is 6.33. The van der Waals surface area contributed by atoms with Gasteiger partial charge >= 0.3 is 0 Å². The Morgan fingerprint density at radius 1 is 1.23 bits per heavy atom. The zero-order chi connectivity index (χ0) is 10.4. The van der Waals surface area contributed by atoms with Gasteiger partial charge in [0, 0.05) is 26.8 Å². The summed E-state index contributed by atoms with van der Waals surface area (Å²) in [5, 5.41) is 19.1. The number of aliphatic hydroxyl groups excluding tert-OH is 2. The molecule has 5 heteroatoms. The molecular formula is C8H22N2O3. The minimum absolute atomic E-state index is 0.139. The molecule has 5 N–H and O–H groups in total. The van der Waals surface area contributed by atoms with E-state index in [-0.39, 0.29) is 13.2 Å². The van der Waals surface area contributed by atoms with Crippen LogP contribution in [-0.2, 0) is 4.74 Å². The second kappa shape index (κ2) is 17.8. The maximum atomic E-state index is 8.15.